The lowest BCUT2D eigenvalue weighted by molar-refractivity contribution is 0.323. The van der Waals surface area contributed by atoms with Gasteiger partial charge in [-0.3, -0.25) is 0 Å². The van der Waals surface area contributed by atoms with E-state index in [4.69, 9.17) is 11.0 Å². The lowest BCUT2D eigenvalue weighted by atomic mass is 9.89. The van der Waals surface area contributed by atoms with Crippen molar-refractivity contribution in [1.82, 2.24) is 4.98 Å². The molecule has 4 nitrogen and oxygen atoms in total. The second-order valence-electron chi connectivity index (χ2n) is 4.91. The minimum atomic E-state index is 0.328. The molecule has 0 bridgehead atoms. The van der Waals surface area contributed by atoms with Crippen LogP contribution in [0.2, 0.25) is 0 Å². The molecule has 2 atom stereocenters. The van der Waals surface area contributed by atoms with Crippen molar-refractivity contribution in [1.29, 1.82) is 5.26 Å². The highest BCUT2D eigenvalue weighted by atomic mass is 15.2. The molecule has 2 unspecified atom stereocenters. The second kappa shape index (κ2) is 4.62. The van der Waals surface area contributed by atoms with E-state index in [2.05, 4.69) is 23.7 Å². The Hall–Kier alpha value is -1.76. The Balaban J connectivity index is 2.21. The molecule has 1 saturated heterocycles. The van der Waals surface area contributed by atoms with Gasteiger partial charge in [0.25, 0.3) is 0 Å². The van der Waals surface area contributed by atoms with Crippen molar-refractivity contribution < 1.29 is 0 Å². The molecule has 1 aliphatic rings. The first-order valence-electron chi connectivity index (χ1n) is 6.03. The maximum Gasteiger partial charge on any atom is 0.165 e. The van der Waals surface area contributed by atoms with Crippen LogP contribution in [0.3, 0.4) is 0 Å². The first-order valence-corrected chi connectivity index (χ1v) is 6.03. The molecule has 0 spiro atoms. The summed E-state index contributed by atoms with van der Waals surface area (Å²) in [4.78, 5) is 6.55. The minimum Gasteiger partial charge on any atom is -0.396 e. The normalized spacial score (nSPS) is 24.4. The van der Waals surface area contributed by atoms with Crippen molar-refractivity contribution in [3.05, 3.63) is 17.8 Å². The Kier molecular flexibility index (Phi) is 3.19. The first-order chi connectivity index (χ1) is 8.11. The van der Waals surface area contributed by atoms with Crippen LogP contribution < -0.4 is 10.6 Å². The van der Waals surface area contributed by atoms with Gasteiger partial charge in [0.05, 0.1) is 5.69 Å². The number of nitrogen functional groups attached to an aromatic ring is 1. The van der Waals surface area contributed by atoms with E-state index in [1.807, 2.05) is 12.1 Å². The zero-order chi connectivity index (χ0) is 12.4. The minimum absolute atomic E-state index is 0.328. The van der Waals surface area contributed by atoms with Crippen molar-refractivity contribution in [2.24, 2.45) is 11.8 Å². The van der Waals surface area contributed by atoms with Crippen molar-refractivity contribution in [2.75, 3.05) is 23.7 Å². The standard InChI is InChI=1S/C13H18N4/c1-9-5-6-17(8-10(9)2)13-4-3-11(15)12(7-14)16-13/h3-4,9-10H,5-6,8,15H2,1-2H3. The summed E-state index contributed by atoms with van der Waals surface area (Å²) in [5.41, 5.74) is 6.46. The molecule has 0 aromatic carbocycles. The first kappa shape index (κ1) is 11.7. The third-order valence-electron chi connectivity index (χ3n) is 3.68. The SMILES string of the molecule is CC1CCN(c2ccc(N)c(C#N)n2)CC1C. The number of nitrogens with zero attached hydrogens (tertiary/aromatic N) is 3. The molecule has 17 heavy (non-hydrogen) atoms. The average Bonchev–Trinajstić information content (AvgIpc) is 2.33. The van der Waals surface area contributed by atoms with Crippen LogP contribution in [0.15, 0.2) is 12.1 Å². The molecule has 2 rings (SSSR count). The molecule has 2 N–H and O–H groups in total. The van der Waals surface area contributed by atoms with Gasteiger partial charge in [0, 0.05) is 13.1 Å². The van der Waals surface area contributed by atoms with Gasteiger partial charge in [0.2, 0.25) is 0 Å². The predicted molar refractivity (Wildman–Crippen MR) is 68.5 cm³/mol. The fraction of sp³-hybridized carbons (Fsp3) is 0.538. The molecule has 1 aromatic rings. The summed E-state index contributed by atoms with van der Waals surface area (Å²) in [6, 6.07) is 5.70. The number of hydrogen-bond donors (Lipinski definition) is 1. The van der Waals surface area contributed by atoms with Crippen molar-refractivity contribution >= 4 is 11.5 Å². The highest BCUT2D eigenvalue weighted by Crippen LogP contribution is 2.26. The summed E-state index contributed by atoms with van der Waals surface area (Å²) in [5.74, 6) is 2.29. The van der Waals surface area contributed by atoms with E-state index in [0.717, 1.165) is 24.8 Å². The third kappa shape index (κ3) is 2.33. The van der Waals surface area contributed by atoms with E-state index >= 15 is 0 Å². The molecule has 2 heterocycles. The van der Waals surface area contributed by atoms with Gasteiger partial charge < -0.3 is 10.6 Å². The van der Waals surface area contributed by atoms with E-state index in [9.17, 15) is 0 Å². The van der Waals surface area contributed by atoms with E-state index in [1.165, 1.54) is 6.42 Å². The van der Waals surface area contributed by atoms with E-state index in [1.54, 1.807) is 6.07 Å². The molecular weight excluding hydrogens is 212 g/mol. The van der Waals surface area contributed by atoms with Gasteiger partial charge >= 0.3 is 0 Å². The monoisotopic (exact) mass is 230 g/mol. The number of anilines is 2. The number of nitrogens with two attached hydrogens (primary N) is 1. The summed E-state index contributed by atoms with van der Waals surface area (Å²) < 4.78 is 0. The third-order valence-corrected chi connectivity index (χ3v) is 3.68. The Morgan fingerprint density at radius 2 is 2.18 bits per heavy atom. The van der Waals surface area contributed by atoms with Gasteiger partial charge in [-0.05, 0) is 30.4 Å². The summed E-state index contributed by atoms with van der Waals surface area (Å²) in [7, 11) is 0. The molecular formula is C13H18N4. The number of aromatic nitrogens is 1. The number of nitriles is 1. The lowest BCUT2D eigenvalue weighted by Gasteiger charge is -2.36. The maximum absolute atomic E-state index is 8.92. The molecule has 1 aromatic heterocycles. The van der Waals surface area contributed by atoms with Crippen LogP contribution in [-0.4, -0.2) is 18.1 Å². The number of piperidine rings is 1. The average molecular weight is 230 g/mol. The van der Waals surface area contributed by atoms with Crippen LogP contribution >= 0.6 is 0 Å². The van der Waals surface area contributed by atoms with Gasteiger partial charge in [0.1, 0.15) is 11.9 Å². The fourth-order valence-electron chi connectivity index (χ4n) is 2.20. The lowest BCUT2D eigenvalue weighted by Crippen LogP contribution is -2.38. The van der Waals surface area contributed by atoms with Crippen LogP contribution in [0.25, 0.3) is 0 Å². The highest BCUT2D eigenvalue weighted by molar-refractivity contribution is 5.55. The molecule has 0 saturated carbocycles. The molecule has 4 heteroatoms. The Morgan fingerprint density at radius 3 is 2.82 bits per heavy atom. The molecule has 1 aliphatic heterocycles. The van der Waals surface area contributed by atoms with Gasteiger partial charge in [-0.2, -0.15) is 5.26 Å². The Morgan fingerprint density at radius 1 is 1.41 bits per heavy atom. The van der Waals surface area contributed by atoms with Gasteiger partial charge in [-0.15, -0.1) is 0 Å². The van der Waals surface area contributed by atoms with E-state index < -0.39 is 0 Å². The fourth-order valence-corrected chi connectivity index (χ4v) is 2.20. The summed E-state index contributed by atoms with van der Waals surface area (Å²) >= 11 is 0. The molecule has 0 amide bonds. The Labute approximate surface area is 102 Å². The predicted octanol–water partition coefficient (Wildman–Crippen LogP) is 2.02. The van der Waals surface area contributed by atoms with Crippen LogP contribution in [-0.2, 0) is 0 Å². The van der Waals surface area contributed by atoms with Crippen LogP contribution in [0, 0.1) is 23.2 Å². The number of rotatable bonds is 1. The van der Waals surface area contributed by atoms with Gasteiger partial charge in [-0.1, -0.05) is 13.8 Å². The number of hydrogen-bond acceptors (Lipinski definition) is 4. The summed E-state index contributed by atoms with van der Waals surface area (Å²) in [6.07, 6.45) is 1.18. The van der Waals surface area contributed by atoms with E-state index in [-0.39, 0.29) is 0 Å². The summed E-state index contributed by atoms with van der Waals surface area (Å²) in [5, 5.41) is 8.92. The molecule has 0 aliphatic carbocycles. The van der Waals surface area contributed by atoms with Crippen LogP contribution in [0.5, 0.6) is 0 Å². The van der Waals surface area contributed by atoms with Crippen molar-refractivity contribution in [3.8, 4) is 6.07 Å². The van der Waals surface area contributed by atoms with E-state index in [0.29, 0.717) is 17.3 Å². The second-order valence-corrected chi connectivity index (χ2v) is 4.91. The van der Waals surface area contributed by atoms with Crippen molar-refractivity contribution in [2.45, 2.75) is 20.3 Å². The van der Waals surface area contributed by atoms with Crippen LogP contribution in [0.4, 0.5) is 11.5 Å². The van der Waals surface area contributed by atoms with Crippen LogP contribution in [0.1, 0.15) is 26.0 Å². The topological polar surface area (TPSA) is 65.9 Å². The largest absolute Gasteiger partial charge is 0.396 e. The zero-order valence-electron chi connectivity index (χ0n) is 10.3. The van der Waals surface area contributed by atoms with Gasteiger partial charge in [-0.25, -0.2) is 4.98 Å². The zero-order valence-corrected chi connectivity index (χ0v) is 10.3. The molecule has 90 valence electrons. The quantitative estimate of drug-likeness (QED) is 0.801. The Bertz CT molecular complexity index is 449. The smallest absolute Gasteiger partial charge is 0.165 e. The molecule has 1 fully saturated rings. The highest BCUT2D eigenvalue weighted by Gasteiger charge is 2.23. The summed E-state index contributed by atoms with van der Waals surface area (Å²) in [6.45, 7) is 6.56. The number of pyridine rings is 1. The maximum atomic E-state index is 8.92. The molecule has 0 radical (unpaired) electrons. The van der Waals surface area contributed by atoms with Gasteiger partial charge in [0.15, 0.2) is 5.69 Å². The van der Waals surface area contributed by atoms with Crippen molar-refractivity contribution in [3.63, 3.8) is 0 Å².